The van der Waals surface area contributed by atoms with E-state index >= 15 is 0 Å². The van der Waals surface area contributed by atoms with E-state index in [0.29, 0.717) is 6.54 Å². The fourth-order valence-corrected chi connectivity index (χ4v) is 2.14. The Balaban J connectivity index is 0.00000225. The van der Waals surface area contributed by atoms with Crippen LogP contribution >= 0.6 is 23.7 Å². The standard InChI is InChI=1S/C11H18N2OS.ClH/c1-3-11(4-2,8-12)10(14)13-9-5-6-15-7-9;/h5-7H,3-4,8,12H2,1-2H3,(H,13,14);1H. The lowest BCUT2D eigenvalue weighted by Crippen LogP contribution is -2.41. The second-order valence-electron chi connectivity index (χ2n) is 3.66. The Kier molecular flexibility index (Phi) is 6.64. The van der Waals surface area contributed by atoms with Gasteiger partial charge in [0.25, 0.3) is 0 Å². The molecule has 0 atom stereocenters. The van der Waals surface area contributed by atoms with E-state index in [1.54, 1.807) is 11.3 Å². The highest BCUT2D eigenvalue weighted by Gasteiger charge is 2.33. The van der Waals surface area contributed by atoms with E-state index in [1.807, 2.05) is 30.7 Å². The average molecular weight is 263 g/mol. The molecule has 0 spiro atoms. The summed E-state index contributed by atoms with van der Waals surface area (Å²) in [5, 5.41) is 6.77. The Morgan fingerprint density at radius 2 is 2.12 bits per heavy atom. The minimum Gasteiger partial charge on any atom is -0.329 e. The van der Waals surface area contributed by atoms with Crippen molar-refractivity contribution < 1.29 is 4.79 Å². The molecule has 1 rings (SSSR count). The molecule has 0 bridgehead atoms. The summed E-state index contributed by atoms with van der Waals surface area (Å²) in [7, 11) is 0. The number of halogens is 1. The van der Waals surface area contributed by atoms with Crippen LogP contribution in [0.1, 0.15) is 26.7 Å². The molecular weight excluding hydrogens is 244 g/mol. The number of carbonyl (C=O) groups excluding carboxylic acids is 1. The zero-order chi connectivity index (χ0) is 11.3. The van der Waals surface area contributed by atoms with Gasteiger partial charge in [-0.05, 0) is 24.3 Å². The topological polar surface area (TPSA) is 55.1 Å². The number of thiophene rings is 1. The maximum absolute atomic E-state index is 12.0. The molecule has 3 nitrogen and oxygen atoms in total. The van der Waals surface area contributed by atoms with Gasteiger partial charge in [0, 0.05) is 11.9 Å². The third kappa shape index (κ3) is 3.20. The van der Waals surface area contributed by atoms with Crippen molar-refractivity contribution in [1.29, 1.82) is 0 Å². The van der Waals surface area contributed by atoms with E-state index in [1.165, 1.54) is 0 Å². The monoisotopic (exact) mass is 262 g/mol. The Labute approximate surface area is 107 Å². The predicted octanol–water partition coefficient (Wildman–Crippen LogP) is 2.87. The van der Waals surface area contributed by atoms with E-state index in [9.17, 15) is 4.79 Å². The first-order chi connectivity index (χ1) is 7.18. The molecule has 5 heteroatoms. The van der Waals surface area contributed by atoms with Gasteiger partial charge in [0.15, 0.2) is 0 Å². The second kappa shape index (κ2) is 6.89. The lowest BCUT2D eigenvalue weighted by molar-refractivity contribution is -0.125. The van der Waals surface area contributed by atoms with Gasteiger partial charge in [0.05, 0.1) is 11.1 Å². The number of anilines is 1. The van der Waals surface area contributed by atoms with Crippen molar-refractivity contribution in [1.82, 2.24) is 0 Å². The zero-order valence-corrected chi connectivity index (χ0v) is 11.3. The fraction of sp³-hybridized carbons (Fsp3) is 0.545. The van der Waals surface area contributed by atoms with Crippen molar-refractivity contribution in [2.24, 2.45) is 11.1 Å². The summed E-state index contributed by atoms with van der Waals surface area (Å²) in [5.74, 6) is 0.0356. The van der Waals surface area contributed by atoms with E-state index in [0.717, 1.165) is 18.5 Å². The molecule has 1 heterocycles. The lowest BCUT2D eigenvalue weighted by Gasteiger charge is -2.28. The van der Waals surface area contributed by atoms with Gasteiger partial charge in [0.1, 0.15) is 0 Å². The molecule has 0 aliphatic carbocycles. The predicted molar refractivity (Wildman–Crippen MR) is 72.3 cm³/mol. The minimum atomic E-state index is -0.415. The summed E-state index contributed by atoms with van der Waals surface area (Å²) in [6.07, 6.45) is 1.55. The SMILES string of the molecule is CCC(CC)(CN)C(=O)Nc1ccsc1.Cl. The maximum Gasteiger partial charge on any atom is 0.231 e. The van der Waals surface area contributed by atoms with Gasteiger partial charge in [-0.2, -0.15) is 11.3 Å². The van der Waals surface area contributed by atoms with Crippen LogP contribution in [0.25, 0.3) is 0 Å². The molecule has 0 radical (unpaired) electrons. The molecule has 1 aromatic heterocycles. The summed E-state index contributed by atoms with van der Waals surface area (Å²) in [5.41, 5.74) is 6.15. The van der Waals surface area contributed by atoms with E-state index < -0.39 is 5.41 Å². The number of hydrogen-bond donors (Lipinski definition) is 2. The first kappa shape index (κ1) is 15.4. The molecule has 16 heavy (non-hydrogen) atoms. The number of hydrogen-bond acceptors (Lipinski definition) is 3. The second-order valence-corrected chi connectivity index (χ2v) is 4.44. The van der Waals surface area contributed by atoms with Gasteiger partial charge in [-0.3, -0.25) is 4.79 Å². The Morgan fingerprint density at radius 1 is 1.50 bits per heavy atom. The van der Waals surface area contributed by atoms with Crippen molar-refractivity contribution >= 4 is 35.3 Å². The lowest BCUT2D eigenvalue weighted by atomic mass is 9.81. The summed E-state index contributed by atoms with van der Waals surface area (Å²) in [6.45, 7) is 4.41. The maximum atomic E-state index is 12.0. The van der Waals surface area contributed by atoms with E-state index in [2.05, 4.69) is 5.32 Å². The number of nitrogens with one attached hydrogen (secondary N) is 1. The van der Waals surface area contributed by atoms with Gasteiger partial charge in [-0.1, -0.05) is 13.8 Å². The van der Waals surface area contributed by atoms with Crippen LogP contribution in [0, 0.1) is 5.41 Å². The first-order valence-electron chi connectivity index (χ1n) is 5.22. The molecule has 0 unspecified atom stereocenters. The molecule has 0 aliphatic heterocycles. The van der Waals surface area contributed by atoms with Gasteiger partial charge in [-0.25, -0.2) is 0 Å². The molecule has 1 aromatic rings. The summed E-state index contributed by atoms with van der Waals surface area (Å²) in [6, 6.07) is 1.90. The molecule has 0 aromatic carbocycles. The first-order valence-corrected chi connectivity index (χ1v) is 6.16. The van der Waals surface area contributed by atoms with Crippen molar-refractivity contribution in [2.45, 2.75) is 26.7 Å². The molecule has 3 N–H and O–H groups in total. The highest BCUT2D eigenvalue weighted by Crippen LogP contribution is 2.27. The van der Waals surface area contributed by atoms with Crippen molar-refractivity contribution in [3.05, 3.63) is 16.8 Å². The highest BCUT2D eigenvalue weighted by atomic mass is 35.5. The van der Waals surface area contributed by atoms with Crippen LogP contribution in [0.5, 0.6) is 0 Å². The molecule has 1 amide bonds. The van der Waals surface area contributed by atoms with Crippen LogP contribution in [0.4, 0.5) is 5.69 Å². The number of amides is 1. The largest absolute Gasteiger partial charge is 0.329 e. The number of rotatable bonds is 5. The van der Waals surface area contributed by atoms with Crippen LogP contribution in [-0.2, 0) is 4.79 Å². The zero-order valence-electron chi connectivity index (χ0n) is 9.66. The van der Waals surface area contributed by atoms with Crippen molar-refractivity contribution in [3.8, 4) is 0 Å². The normalized spacial score (nSPS) is 10.7. The van der Waals surface area contributed by atoms with Crippen LogP contribution in [0.3, 0.4) is 0 Å². The summed E-state index contributed by atoms with van der Waals surface area (Å²) in [4.78, 5) is 12.0. The Bertz CT molecular complexity index is 302. The third-order valence-electron chi connectivity index (χ3n) is 3.01. The average Bonchev–Trinajstić information content (AvgIpc) is 2.74. The van der Waals surface area contributed by atoms with Crippen molar-refractivity contribution in [3.63, 3.8) is 0 Å². The third-order valence-corrected chi connectivity index (χ3v) is 3.69. The van der Waals surface area contributed by atoms with Gasteiger partial charge < -0.3 is 11.1 Å². The molecule has 0 aliphatic rings. The van der Waals surface area contributed by atoms with Crippen LogP contribution in [-0.4, -0.2) is 12.5 Å². The van der Waals surface area contributed by atoms with Crippen LogP contribution < -0.4 is 11.1 Å². The van der Waals surface area contributed by atoms with E-state index in [4.69, 9.17) is 5.73 Å². The smallest absolute Gasteiger partial charge is 0.231 e. The molecule has 92 valence electrons. The minimum absolute atomic E-state index is 0. The molecule has 0 fully saturated rings. The Morgan fingerprint density at radius 3 is 2.50 bits per heavy atom. The van der Waals surface area contributed by atoms with Gasteiger partial charge in [-0.15, -0.1) is 12.4 Å². The van der Waals surface area contributed by atoms with Crippen LogP contribution in [0.15, 0.2) is 16.8 Å². The molecule has 0 saturated carbocycles. The Hall–Kier alpha value is -0.580. The van der Waals surface area contributed by atoms with Crippen molar-refractivity contribution in [2.75, 3.05) is 11.9 Å². The van der Waals surface area contributed by atoms with Gasteiger partial charge in [0.2, 0.25) is 5.91 Å². The quantitative estimate of drug-likeness (QED) is 0.857. The van der Waals surface area contributed by atoms with E-state index in [-0.39, 0.29) is 18.3 Å². The van der Waals surface area contributed by atoms with Crippen LogP contribution in [0.2, 0.25) is 0 Å². The number of nitrogens with two attached hydrogens (primary N) is 1. The summed E-state index contributed by atoms with van der Waals surface area (Å²) >= 11 is 1.57. The molecular formula is C11H19ClN2OS. The van der Waals surface area contributed by atoms with Gasteiger partial charge >= 0.3 is 0 Å². The molecule has 0 saturated heterocycles. The highest BCUT2D eigenvalue weighted by molar-refractivity contribution is 7.08. The number of carbonyl (C=O) groups is 1. The fourth-order valence-electron chi connectivity index (χ4n) is 1.55. The summed E-state index contributed by atoms with van der Waals surface area (Å²) < 4.78 is 0.